The molecule has 1 saturated carbocycles. The maximum absolute atomic E-state index is 12.4. The first-order chi connectivity index (χ1) is 12.5. The number of nitro benzene ring substituents is 1. The first-order valence-corrected chi connectivity index (χ1v) is 9.54. The molecule has 26 heavy (non-hydrogen) atoms. The lowest BCUT2D eigenvalue weighted by Crippen LogP contribution is -2.51. The molecule has 1 aromatic rings. The van der Waals surface area contributed by atoms with Crippen molar-refractivity contribution in [3.05, 3.63) is 34.4 Å². The quantitative estimate of drug-likeness (QED) is 0.644. The van der Waals surface area contributed by atoms with E-state index in [-0.39, 0.29) is 16.5 Å². The Morgan fingerprint density at radius 3 is 2.58 bits per heavy atom. The normalized spacial score (nSPS) is 24.3. The average molecular weight is 360 g/mol. The molecule has 1 saturated heterocycles. The van der Waals surface area contributed by atoms with Gasteiger partial charge in [0.05, 0.1) is 11.5 Å². The number of nitrogens with one attached hydrogen (secondary N) is 1. The van der Waals surface area contributed by atoms with Crippen LogP contribution in [0, 0.1) is 16.0 Å². The number of hydrogen-bond acceptors (Lipinski definition) is 5. The van der Waals surface area contributed by atoms with Crippen molar-refractivity contribution in [2.45, 2.75) is 38.6 Å². The van der Waals surface area contributed by atoms with Gasteiger partial charge in [-0.25, -0.2) is 0 Å². The Morgan fingerprint density at radius 1 is 1.19 bits per heavy atom. The number of benzene rings is 1. The Bertz CT molecular complexity index is 643. The first kappa shape index (κ1) is 18.6. The van der Waals surface area contributed by atoms with Crippen molar-refractivity contribution in [1.29, 1.82) is 0 Å². The van der Waals surface area contributed by atoms with Gasteiger partial charge in [-0.2, -0.15) is 0 Å². The predicted octanol–water partition coefficient (Wildman–Crippen LogP) is 2.41. The summed E-state index contributed by atoms with van der Waals surface area (Å²) in [5.41, 5.74) is 0.808. The van der Waals surface area contributed by atoms with Crippen LogP contribution in [0.5, 0.6) is 0 Å². The second kappa shape index (κ2) is 8.49. The zero-order valence-corrected chi connectivity index (χ0v) is 15.4. The predicted molar refractivity (Wildman–Crippen MR) is 101 cm³/mol. The third kappa shape index (κ3) is 4.52. The zero-order chi connectivity index (χ0) is 18.5. The van der Waals surface area contributed by atoms with Crippen LogP contribution in [0.3, 0.4) is 0 Å². The zero-order valence-electron chi connectivity index (χ0n) is 15.4. The summed E-state index contributed by atoms with van der Waals surface area (Å²) in [6.45, 7) is 5.49. The first-order valence-electron chi connectivity index (χ1n) is 9.54. The molecule has 2 unspecified atom stereocenters. The molecular formula is C19H28N4O3. The summed E-state index contributed by atoms with van der Waals surface area (Å²) in [7, 11) is 0. The van der Waals surface area contributed by atoms with E-state index in [1.807, 2.05) is 11.0 Å². The van der Waals surface area contributed by atoms with Crippen LogP contribution in [-0.2, 0) is 4.79 Å². The van der Waals surface area contributed by atoms with E-state index in [0.29, 0.717) is 37.3 Å². The van der Waals surface area contributed by atoms with Crippen molar-refractivity contribution in [1.82, 2.24) is 10.2 Å². The minimum Gasteiger partial charge on any atom is -0.363 e. The molecule has 0 spiro atoms. The van der Waals surface area contributed by atoms with Crippen LogP contribution in [0.1, 0.15) is 32.6 Å². The molecule has 0 aromatic heterocycles. The SMILES string of the molecule is CC1CCCCC1NC(=O)CN1CCN(c2ccccc2[N+](=O)[O-])CC1. The van der Waals surface area contributed by atoms with Gasteiger partial charge in [0.2, 0.25) is 5.91 Å². The van der Waals surface area contributed by atoms with Gasteiger partial charge >= 0.3 is 0 Å². The van der Waals surface area contributed by atoms with Gasteiger partial charge < -0.3 is 10.2 Å². The summed E-state index contributed by atoms with van der Waals surface area (Å²) in [6.07, 6.45) is 4.74. The van der Waals surface area contributed by atoms with Gasteiger partial charge in [0, 0.05) is 38.3 Å². The highest BCUT2D eigenvalue weighted by Gasteiger charge is 2.26. The summed E-state index contributed by atoms with van der Waals surface area (Å²) >= 11 is 0. The molecule has 7 nitrogen and oxygen atoms in total. The third-order valence-electron chi connectivity index (χ3n) is 5.62. The summed E-state index contributed by atoms with van der Waals surface area (Å²) in [5, 5.41) is 14.4. The maximum Gasteiger partial charge on any atom is 0.292 e. The van der Waals surface area contributed by atoms with E-state index in [1.54, 1.807) is 18.2 Å². The minimum absolute atomic E-state index is 0.0999. The third-order valence-corrected chi connectivity index (χ3v) is 5.62. The lowest BCUT2D eigenvalue weighted by Gasteiger charge is -2.36. The van der Waals surface area contributed by atoms with E-state index in [4.69, 9.17) is 0 Å². The molecule has 1 aliphatic carbocycles. The fourth-order valence-electron chi connectivity index (χ4n) is 4.02. The van der Waals surface area contributed by atoms with Crippen molar-refractivity contribution in [2.75, 3.05) is 37.6 Å². The number of rotatable bonds is 5. The van der Waals surface area contributed by atoms with Crippen LogP contribution < -0.4 is 10.2 Å². The second-order valence-corrected chi connectivity index (χ2v) is 7.44. The molecule has 3 rings (SSSR count). The van der Waals surface area contributed by atoms with Gasteiger partial charge in [0.25, 0.3) is 5.69 Å². The monoisotopic (exact) mass is 360 g/mol. The molecule has 2 atom stereocenters. The van der Waals surface area contributed by atoms with E-state index >= 15 is 0 Å². The maximum atomic E-state index is 12.4. The molecule has 0 bridgehead atoms. The smallest absolute Gasteiger partial charge is 0.292 e. The molecule has 142 valence electrons. The molecule has 1 aromatic carbocycles. The van der Waals surface area contributed by atoms with E-state index < -0.39 is 0 Å². The van der Waals surface area contributed by atoms with Crippen molar-refractivity contribution in [2.24, 2.45) is 5.92 Å². The molecule has 2 fully saturated rings. The number of carbonyl (C=O) groups is 1. The topological polar surface area (TPSA) is 78.7 Å². The number of carbonyl (C=O) groups excluding carboxylic acids is 1. The van der Waals surface area contributed by atoms with Crippen molar-refractivity contribution in [3.63, 3.8) is 0 Å². The fourth-order valence-corrected chi connectivity index (χ4v) is 4.02. The Hall–Kier alpha value is -2.15. The Labute approximate surface area is 154 Å². The molecule has 1 N–H and O–H groups in total. The van der Waals surface area contributed by atoms with E-state index in [2.05, 4.69) is 17.1 Å². The van der Waals surface area contributed by atoms with Gasteiger partial charge in [-0.3, -0.25) is 19.8 Å². The van der Waals surface area contributed by atoms with Gasteiger partial charge in [0.15, 0.2) is 0 Å². The largest absolute Gasteiger partial charge is 0.363 e. The highest BCUT2D eigenvalue weighted by atomic mass is 16.6. The average Bonchev–Trinajstić information content (AvgIpc) is 2.64. The van der Waals surface area contributed by atoms with Gasteiger partial charge in [0.1, 0.15) is 5.69 Å². The van der Waals surface area contributed by atoms with Crippen LogP contribution >= 0.6 is 0 Å². The van der Waals surface area contributed by atoms with E-state index in [1.165, 1.54) is 19.3 Å². The summed E-state index contributed by atoms with van der Waals surface area (Å²) in [5.74, 6) is 0.658. The molecule has 0 radical (unpaired) electrons. The molecular weight excluding hydrogens is 332 g/mol. The van der Waals surface area contributed by atoms with Gasteiger partial charge in [-0.15, -0.1) is 0 Å². The molecule has 1 amide bonds. The van der Waals surface area contributed by atoms with E-state index in [0.717, 1.165) is 19.5 Å². The van der Waals surface area contributed by atoms with Crippen LogP contribution in [0.4, 0.5) is 11.4 Å². The minimum atomic E-state index is -0.333. The number of piperazine rings is 1. The number of hydrogen-bond donors (Lipinski definition) is 1. The Morgan fingerprint density at radius 2 is 1.88 bits per heavy atom. The molecule has 1 aliphatic heterocycles. The summed E-state index contributed by atoms with van der Waals surface area (Å²) < 4.78 is 0. The van der Waals surface area contributed by atoms with Crippen molar-refractivity contribution < 1.29 is 9.72 Å². The second-order valence-electron chi connectivity index (χ2n) is 7.44. The Kier molecular flexibility index (Phi) is 6.08. The van der Waals surface area contributed by atoms with Crippen LogP contribution in [0.2, 0.25) is 0 Å². The number of amides is 1. The fraction of sp³-hybridized carbons (Fsp3) is 0.632. The standard InChI is InChI=1S/C19H28N4O3/c1-15-6-2-3-7-16(15)20-19(24)14-21-10-12-22(13-11-21)17-8-4-5-9-18(17)23(25)26/h4-5,8-9,15-16H,2-3,6-7,10-14H2,1H3,(H,20,24). The van der Waals surface area contributed by atoms with Crippen LogP contribution in [0.15, 0.2) is 24.3 Å². The lowest BCUT2D eigenvalue weighted by atomic mass is 9.86. The number of anilines is 1. The highest BCUT2D eigenvalue weighted by Crippen LogP contribution is 2.28. The molecule has 7 heteroatoms. The highest BCUT2D eigenvalue weighted by molar-refractivity contribution is 5.78. The van der Waals surface area contributed by atoms with Crippen LogP contribution in [0.25, 0.3) is 0 Å². The number of nitrogens with zero attached hydrogens (tertiary/aromatic N) is 3. The molecule has 1 heterocycles. The lowest BCUT2D eigenvalue weighted by molar-refractivity contribution is -0.384. The Balaban J connectivity index is 1.49. The van der Waals surface area contributed by atoms with Gasteiger partial charge in [-0.1, -0.05) is 31.9 Å². The summed E-state index contributed by atoms with van der Waals surface area (Å²) in [6, 6.07) is 7.16. The van der Waals surface area contributed by atoms with Crippen molar-refractivity contribution >= 4 is 17.3 Å². The van der Waals surface area contributed by atoms with Crippen LogP contribution in [-0.4, -0.2) is 54.5 Å². The van der Waals surface area contributed by atoms with E-state index in [9.17, 15) is 14.9 Å². The molecule has 2 aliphatic rings. The number of para-hydroxylation sites is 2. The number of nitro groups is 1. The summed E-state index contributed by atoms with van der Waals surface area (Å²) in [4.78, 5) is 27.4. The van der Waals surface area contributed by atoms with Crippen molar-refractivity contribution in [3.8, 4) is 0 Å². The van der Waals surface area contributed by atoms with Gasteiger partial charge in [-0.05, 0) is 24.8 Å².